The van der Waals surface area contributed by atoms with Crippen molar-refractivity contribution < 1.29 is 18.4 Å². The summed E-state index contributed by atoms with van der Waals surface area (Å²) in [4.78, 5) is 25.4. The molecule has 0 unspecified atom stereocenters. The summed E-state index contributed by atoms with van der Waals surface area (Å²) in [5.74, 6) is -2.20. The normalized spacial score (nSPS) is 13.1. The van der Waals surface area contributed by atoms with Gasteiger partial charge in [0.2, 0.25) is 5.91 Å². The monoisotopic (exact) mass is 378 g/mol. The predicted octanol–water partition coefficient (Wildman–Crippen LogP) is 3.78. The highest BCUT2D eigenvalue weighted by molar-refractivity contribution is 6.05. The Kier molecular flexibility index (Phi) is 4.19. The third-order valence-corrected chi connectivity index (χ3v) is 4.98. The maximum Gasteiger partial charge on any atom is 0.254 e. The van der Waals surface area contributed by atoms with Crippen molar-refractivity contribution in [2.45, 2.75) is 6.54 Å². The highest BCUT2D eigenvalue weighted by atomic mass is 19.1. The van der Waals surface area contributed by atoms with Crippen molar-refractivity contribution in [3.8, 4) is 11.1 Å². The lowest BCUT2D eigenvalue weighted by molar-refractivity contribution is -0.114. The van der Waals surface area contributed by atoms with Crippen LogP contribution in [-0.2, 0) is 11.3 Å². The zero-order valence-corrected chi connectivity index (χ0v) is 14.8. The molecule has 0 bridgehead atoms. The van der Waals surface area contributed by atoms with Gasteiger partial charge in [-0.15, -0.1) is 0 Å². The summed E-state index contributed by atoms with van der Waals surface area (Å²) in [7, 11) is 0. The molecule has 0 radical (unpaired) electrons. The van der Waals surface area contributed by atoms with Gasteiger partial charge in [0.25, 0.3) is 5.91 Å². The third-order valence-electron chi connectivity index (χ3n) is 4.98. The van der Waals surface area contributed by atoms with E-state index in [4.69, 9.17) is 5.73 Å². The van der Waals surface area contributed by atoms with Crippen LogP contribution in [0.5, 0.6) is 0 Å². The summed E-state index contributed by atoms with van der Waals surface area (Å²) in [6, 6.07) is 12.4. The Balaban J connectivity index is 1.81. The fourth-order valence-corrected chi connectivity index (χ4v) is 3.55. The Morgan fingerprint density at radius 2 is 1.79 bits per heavy atom. The van der Waals surface area contributed by atoms with Gasteiger partial charge in [-0.2, -0.15) is 0 Å². The summed E-state index contributed by atoms with van der Waals surface area (Å²) in [5, 5.41) is 1.58. The Hall–Kier alpha value is -3.54. The van der Waals surface area contributed by atoms with Crippen molar-refractivity contribution in [1.29, 1.82) is 0 Å². The lowest BCUT2D eigenvalue weighted by Crippen LogP contribution is -2.30. The fraction of sp³-hybridized carbons (Fsp3) is 0.0909. The molecule has 1 aliphatic rings. The van der Waals surface area contributed by atoms with Crippen molar-refractivity contribution in [3.63, 3.8) is 0 Å². The Morgan fingerprint density at radius 1 is 1.11 bits per heavy atom. The summed E-state index contributed by atoms with van der Waals surface area (Å²) >= 11 is 0. The number of primary amides is 1. The Bertz CT molecular complexity index is 1150. The molecule has 2 amide bonds. The van der Waals surface area contributed by atoms with Crippen LogP contribution in [0.15, 0.2) is 60.7 Å². The van der Waals surface area contributed by atoms with Gasteiger partial charge in [0, 0.05) is 17.7 Å². The SMILES string of the molecule is C=C(CN1Cc2c(ccc3ccc(-c4c(F)cccc4F)cc23)C1=O)C(N)=O. The van der Waals surface area contributed by atoms with Crippen LogP contribution in [0.25, 0.3) is 21.9 Å². The molecule has 0 fully saturated rings. The second-order valence-corrected chi connectivity index (χ2v) is 6.75. The van der Waals surface area contributed by atoms with E-state index in [0.717, 1.165) is 16.3 Å². The molecule has 0 aliphatic carbocycles. The third kappa shape index (κ3) is 2.83. The molecule has 2 N–H and O–H groups in total. The van der Waals surface area contributed by atoms with Gasteiger partial charge >= 0.3 is 0 Å². The van der Waals surface area contributed by atoms with Crippen molar-refractivity contribution in [2.24, 2.45) is 5.73 Å². The molecule has 4 nitrogen and oxygen atoms in total. The highest BCUT2D eigenvalue weighted by Gasteiger charge is 2.29. The van der Waals surface area contributed by atoms with Crippen LogP contribution in [0.4, 0.5) is 8.78 Å². The van der Waals surface area contributed by atoms with Crippen LogP contribution in [0.2, 0.25) is 0 Å². The zero-order chi connectivity index (χ0) is 20.0. The van der Waals surface area contributed by atoms with Crippen molar-refractivity contribution >= 4 is 22.6 Å². The number of carbonyl (C=O) groups excluding carboxylic acids is 2. The quantitative estimate of drug-likeness (QED) is 0.702. The summed E-state index contributed by atoms with van der Waals surface area (Å²) in [6.07, 6.45) is 0. The molecule has 140 valence electrons. The molecule has 0 atom stereocenters. The molecule has 6 heteroatoms. The minimum atomic E-state index is -0.661. The van der Waals surface area contributed by atoms with Crippen molar-refractivity contribution in [1.82, 2.24) is 4.90 Å². The number of halogens is 2. The number of rotatable bonds is 4. The van der Waals surface area contributed by atoms with E-state index < -0.39 is 17.5 Å². The van der Waals surface area contributed by atoms with E-state index in [1.807, 2.05) is 0 Å². The largest absolute Gasteiger partial charge is 0.366 e. The molecule has 0 saturated carbocycles. The number of carbonyl (C=O) groups is 2. The first-order valence-electron chi connectivity index (χ1n) is 8.63. The minimum absolute atomic E-state index is 0.0337. The van der Waals surface area contributed by atoms with Gasteiger partial charge in [-0.1, -0.05) is 30.8 Å². The summed E-state index contributed by atoms with van der Waals surface area (Å²) < 4.78 is 28.4. The number of hydrogen-bond donors (Lipinski definition) is 1. The molecular weight excluding hydrogens is 362 g/mol. The van der Waals surface area contributed by atoms with Crippen LogP contribution < -0.4 is 5.73 Å². The zero-order valence-electron chi connectivity index (χ0n) is 14.8. The van der Waals surface area contributed by atoms with Crippen molar-refractivity contribution in [2.75, 3.05) is 6.54 Å². The average molecular weight is 378 g/mol. The van der Waals surface area contributed by atoms with Gasteiger partial charge in [-0.3, -0.25) is 9.59 Å². The molecule has 0 saturated heterocycles. The van der Waals surface area contributed by atoms with E-state index >= 15 is 0 Å². The number of hydrogen-bond acceptors (Lipinski definition) is 2. The van der Waals surface area contributed by atoms with Gasteiger partial charge in [0.05, 0.1) is 12.1 Å². The van der Waals surface area contributed by atoms with Crippen LogP contribution in [-0.4, -0.2) is 23.3 Å². The van der Waals surface area contributed by atoms with Crippen LogP contribution >= 0.6 is 0 Å². The van der Waals surface area contributed by atoms with E-state index in [0.29, 0.717) is 11.1 Å². The fourth-order valence-electron chi connectivity index (χ4n) is 3.55. The van der Waals surface area contributed by atoms with Gasteiger partial charge in [0.1, 0.15) is 11.6 Å². The number of amides is 2. The topological polar surface area (TPSA) is 63.4 Å². The average Bonchev–Trinajstić information content (AvgIpc) is 2.97. The molecule has 3 aromatic carbocycles. The highest BCUT2D eigenvalue weighted by Crippen LogP contribution is 2.34. The Morgan fingerprint density at radius 3 is 2.46 bits per heavy atom. The molecule has 0 aromatic heterocycles. The Labute approximate surface area is 159 Å². The standard InChI is InChI=1S/C22H16F2N2O2/c1-12(21(25)27)10-26-11-17-15(22(26)28)8-7-13-5-6-14(9-16(13)17)20-18(23)3-2-4-19(20)24/h2-9H,1,10-11H2,(H2,25,27). The van der Waals surface area contributed by atoms with Gasteiger partial charge in [-0.05, 0) is 46.2 Å². The van der Waals surface area contributed by atoms with E-state index in [2.05, 4.69) is 6.58 Å². The lowest BCUT2D eigenvalue weighted by Gasteiger charge is -2.15. The van der Waals surface area contributed by atoms with Gasteiger partial charge < -0.3 is 10.6 Å². The molecule has 0 spiro atoms. The summed E-state index contributed by atoms with van der Waals surface area (Å²) in [5.41, 5.74) is 6.89. The first-order valence-corrected chi connectivity index (χ1v) is 8.63. The first-order chi connectivity index (χ1) is 13.4. The molecular formula is C22H16F2N2O2. The minimum Gasteiger partial charge on any atom is -0.366 e. The first kappa shape index (κ1) is 17.9. The van der Waals surface area contributed by atoms with E-state index in [9.17, 15) is 18.4 Å². The van der Waals surface area contributed by atoms with Gasteiger partial charge in [0.15, 0.2) is 0 Å². The number of benzene rings is 3. The number of nitrogens with two attached hydrogens (primary N) is 1. The molecule has 1 heterocycles. The van der Waals surface area contributed by atoms with Crippen molar-refractivity contribution in [3.05, 3.63) is 83.4 Å². The van der Waals surface area contributed by atoms with Crippen LogP contribution in [0.1, 0.15) is 15.9 Å². The molecule has 28 heavy (non-hydrogen) atoms. The van der Waals surface area contributed by atoms with E-state index in [1.54, 1.807) is 30.3 Å². The second-order valence-electron chi connectivity index (χ2n) is 6.75. The van der Waals surface area contributed by atoms with Gasteiger partial charge in [-0.25, -0.2) is 8.78 Å². The van der Waals surface area contributed by atoms with E-state index in [-0.39, 0.29) is 30.1 Å². The number of fused-ring (bicyclic) bond motifs is 3. The summed E-state index contributed by atoms with van der Waals surface area (Å²) in [6.45, 7) is 3.90. The maximum atomic E-state index is 14.2. The maximum absolute atomic E-state index is 14.2. The predicted molar refractivity (Wildman–Crippen MR) is 102 cm³/mol. The molecule has 3 aromatic rings. The number of nitrogens with zero attached hydrogens (tertiary/aromatic N) is 1. The molecule has 4 rings (SSSR count). The molecule has 1 aliphatic heterocycles. The smallest absolute Gasteiger partial charge is 0.254 e. The second kappa shape index (κ2) is 6.56. The lowest BCUT2D eigenvalue weighted by atomic mass is 9.96. The van der Waals surface area contributed by atoms with E-state index in [1.165, 1.54) is 23.1 Å². The van der Waals surface area contributed by atoms with Crippen LogP contribution in [0.3, 0.4) is 0 Å². The van der Waals surface area contributed by atoms with Crippen LogP contribution in [0, 0.1) is 11.6 Å².